The molecule has 2 fully saturated rings. The van der Waals surface area contributed by atoms with E-state index in [4.69, 9.17) is 5.26 Å². The second kappa shape index (κ2) is 6.00. The first kappa shape index (κ1) is 15.3. The highest BCUT2D eigenvalue weighted by Crippen LogP contribution is 2.36. The van der Waals surface area contributed by atoms with Crippen molar-refractivity contribution in [2.75, 3.05) is 23.3 Å². The molecule has 0 bridgehead atoms. The summed E-state index contributed by atoms with van der Waals surface area (Å²) >= 11 is 1.44. The van der Waals surface area contributed by atoms with Crippen molar-refractivity contribution in [2.24, 2.45) is 11.8 Å². The average Bonchev–Trinajstić information content (AvgIpc) is 3.33. The highest BCUT2D eigenvalue weighted by Gasteiger charge is 2.31. The van der Waals surface area contributed by atoms with Crippen molar-refractivity contribution in [2.45, 2.75) is 25.4 Å². The number of piperidine rings is 1. The van der Waals surface area contributed by atoms with Crippen molar-refractivity contribution in [1.29, 1.82) is 5.26 Å². The first-order chi connectivity index (χ1) is 11.6. The Hall–Kier alpha value is -2.24. The Morgan fingerprint density at radius 3 is 3.04 bits per heavy atom. The summed E-state index contributed by atoms with van der Waals surface area (Å²) in [4.78, 5) is 22.8. The average molecular weight is 343 g/mol. The van der Waals surface area contributed by atoms with E-state index in [0.717, 1.165) is 28.2 Å². The molecule has 3 heterocycles. The summed E-state index contributed by atoms with van der Waals surface area (Å²) in [6.45, 7) is 1.03. The van der Waals surface area contributed by atoms with Crippen LogP contribution >= 0.6 is 11.3 Å². The zero-order valence-corrected chi connectivity index (χ0v) is 13.8. The molecule has 2 aromatic heterocycles. The molecule has 2 aliphatic rings. The van der Waals surface area contributed by atoms with Gasteiger partial charge in [-0.25, -0.2) is 9.97 Å². The monoisotopic (exact) mass is 343 g/mol. The molecule has 24 heavy (non-hydrogen) atoms. The van der Waals surface area contributed by atoms with Crippen LogP contribution in [-0.4, -0.2) is 40.2 Å². The van der Waals surface area contributed by atoms with Gasteiger partial charge in [0.2, 0.25) is 5.91 Å². The van der Waals surface area contributed by atoms with E-state index >= 15 is 0 Å². The molecular weight excluding hydrogens is 326 g/mol. The van der Waals surface area contributed by atoms with Gasteiger partial charge in [-0.3, -0.25) is 4.79 Å². The van der Waals surface area contributed by atoms with Crippen LogP contribution in [0.1, 0.15) is 19.3 Å². The fourth-order valence-corrected chi connectivity index (χ4v) is 3.98. The number of nitrogens with zero attached hydrogens (tertiary/aromatic N) is 4. The van der Waals surface area contributed by atoms with Crippen molar-refractivity contribution in [3.8, 4) is 6.07 Å². The van der Waals surface area contributed by atoms with Gasteiger partial charge in [-0.1, -0.05) is 11.3 Å². The third-order valence-electron chi connectivity index (χ3n) is 4.36. The number of aliphatic hydroxyl groups excluding tert-OH is 1. The van der Waals surface area contributed by atoms with E-state index in [0.29, 0.717) is 25.3 Å². The molecule has 4 rings (SSSR count). The second-order valence-corrected chi connectivity index (χ2v) is 7.37. The summed E-state index contributed by atoms with van der Waals surface area (Å²) in [5.41, 5.74) is 0.768. The Bertz CT molecular complexity index is 825. The molecule has 1 aliphatic heterocycles. The van der Waals surface area contributed by atoms with Crippen LogP contribution in [0, 0.1) is 23.2 Å². The van der Waals surface area contributed by atoms with Gasteiger partial charge in [-0.2, -0.15) is 5.26 Å². The maximum absolute atomic E-state index is 12.0. The van der Waals surface area contributed by atoms with Crippen LogP contribution in [0.4, 0.5) is 10.9 Å². The predicted molar refractivity (Wildman–Crippen MR) is 90.7 cm³/mol. The lowest BCUT2D eigenvalue weighted by Gasteiger charge is -2.32. The number of rotatable bonds is 3. The molecular formula is C16H17N5O2S. The number of hydrogen-bond acceptors (Lipinski definition) is 7. The number of carbonyl (C=O) groups is 1. The zero-order valence-electron chi connectivity index (χ0n) is 13.0. The molecule has 7 nitrogen and oxygen atoms in total. The fraction of sp³-hybridized carbons (Fsp3) is 0.500. The van der Waals surface area contributed by atoms with E-state index in [1.807, 2.05) is 11.0 Å². The number of nitriles is 1. The van der Waals surface area contributed by atoms with Gasteiger partial charge in [-0.15, -0.1) is 0 Å². The van der Waals surface area contributed by atoms with Crippen molar-refractivity contribution >= 4 is 38.4 Å². The number of carbonyl (C=O) groups excluding carboxylic acids is 1. The van der Waals surface area contributed by atoms with Crippen LogP contribution in [0.5, 0.6) is 0 Å². The summed E-state index contributed by atoms with van der Waals surface area (Å²) in [6, 6.07) is 4.04. The van der Waals surface area contributed by atoms with Gasteiger partial charge < -0.3 is 15.3 Å². The molecule has 8 heteroatoms. The van der Waals surface area contributed by atoms with E-state index in [1.54, 1.807) is 6.20 Å². The fourth-order valence-electron chi connectivity index (χ4n) is 2.95. The van der Waals surface area contributed by atoms with E-state index in [9.17, 15) is 9.90 Å². The lowest BCUT2D eigenvalue weighted by molar-refractivity contribution is -0.117. The zero-order chi connectivity index (χ0) is 16.7. The van der Waals surface area contributed by atoms with Gasteiger partial charge in [-0.05, 0) is 25.3 Å². The topological polar surface area (TPSA) is 102 Å². The molecule has 124 valence electrons. The first-order valence-corrected chi connectivity index (χ1v) is 8.84. The summed E-state index contributed by atoms with van der Waals surface area (Å²) in [6.07, 6.45) is 3.50. The number of fused-ring (bicyclic) bond motifs is 1. The number of β-amino-alcohol motifs (C(OH)–C–C–N with tert-alkyl or cyclic N) is 1. The third-order valence-corrected chi connectivity index (χ3v) is 5.50. The first-order valence-electron chi connectivity index (χ1n) is 8.03. The van der Waals surface area contributed by atoms with E-state index < -0.39 is 6.10 Å². The Morgan fingerprint density at radius 1 is 1.46 bits per heavy atom. The van der Waals surface area contributed by atoms with Gasteiger partial charge in [0.1, 0.15) is 0 Å². The smallest absolute Gasteiger partial charge is 0.228 e. The minimum Gasteiger partial charge on any atom is -0.391 e. The minimum atomic E-state index is -0.525. The lowest BCUT2D eigenvalue weighted by Crippen LogP contribution is -2.42. The van der Waals surface area contributed by atoms with E-state index in [1.165, 1.54) is 11.3 Å². The molecule has 2 N–H and O–H groups in total. The maximum atomic E-state index is 12.0. The largest absolute Gasteiger partial charge is 0.391 e. The van der Waals surface area contributed by atoms with Gasteiger partial charge in [0.25, 0.3) is 0 Å². The number of nitrogens with one attached hydrogen (secondary N) is 1. The van der Waals surface area contributed by atoms with Gasteiger partial charge in [0.15, 0.2) is 10.9 Å². The van der Waals surface area contributed by atoms with Crippen LogP contribution in [-0.2, 0) is 4.79 Å². The van der Waals surface area contributed by atoms with Crippen molar-refractivity contribution in [3.63, 3.8) is 0 Å². The SMILES string of the molecule is N#C[C@H]1C[C@H](O)CN(c2nc3ccnc(NC(=O)C4CC4)c3s2)C1. The molecule has 1 aliphatic carbocycles. The molecule has 2 aromatic rings. The summed E-state index contributed by atoms with van der Waals surface area (Å²) in [5, 5.41) is 22.8. The number of aromatic nitrogens is 2. The lowest BCUT2D eigenvalue weighted by atomic mass is 9.98. The number of pyridine rings is 1. The number of amides is 1. The number of thiazole rings is 1. The second-order valence-electron chi connectivity index (χ2n) is 6.39. The van der Waals surface area contributed by atoms with Crippen LogP contribution in [0.2, 0.25) is 0 Å². The molecule has 1 saturated heterocycles. The normalized spacial score (nSPS) is 23.9. The predicted octanol–water partition coefficient (Wildman–Crippen LogP) is 1.75. The summed E-state index contributed by atoms with van der Waals surface area (Å²) < 4.78 is 0.829. The Morgan fingerprint density at radius 2 is 2.29 bits per heavy atom. The van der Waals surface area contributed by atoms with Gasteiger partial charge in [0.05, 0.1) is 28.3 Å². The standard InChI is InChI=1S/C16H17N5O2S/c17-6-9-5-11(22)8-21(7-9)16-19-12-3-4-18-14(13(12)24-16)20-15(23)10-1-2-10/h3-4,9-11,22H,1-2,5,7-8H2,(H,18,20,23)/t9-,11+/m1/s1. The Balaban J connectivity index is 1.63. The highest BCUT2D eigenvalue weighted by molar-refractivity contribution is 7.22. The molecule has 0 unspecified atom stereocenters. The quantitative estimate of drug-likeness (QED) is 0.880. The van der Waals surface area contributed by atoms with Crippen LogP contribution in [0.25, 0.3) is 10.2 Å². The number of hydrogen-bond donors (Lipinski definition) is 2. The van der Waals surface area contributed by atoms with Crippen molar-refractivity contribution in [3.05, 3.63) is 12.3 Å². The molecule has 0 aromatic carbocycles. The Kier molecular flexibility index (Phi) is 3.82. The van der Waals surface area contributed by atoms with Crippen LogP contribution in [0.15, 0.2) is 12.3 Å². The Labute approximate surface area is 142 Å². The summed E-state index contributed by atoms with van der Waals surface area (Å²) in [7, 11) is 0. The van der Waals surface area contributed by atoms with E-state index in [-0.39, 0.29) is 17.7 Å². The number of aliphatic hydroxyl groups is 1. The van der Waals surface area contributed by atoms with Gasteiger partial charge in [0, 0.05) is 25.2 Å². The van der Waals surface area contributed by atoms with Crippen molar-refractivity contribution in [1.82, 2.24) is 9.97 Å². The minimum absolute atomic E-state index is 0.0166. The molecule has 2 atom stereocenters. The maximum Gasteiger partial charge on any atom is 0.228 e. The van der Waals surface area contributed by atoms with Crippen LogP contribution < -0.4 is 10.2 Å². The molecule has 0 spiro atoms. The summed E-state index contributed by atoms with van der Waals surface area (Å²) in [5.74, 6) is 0.474. The van der Waals surface area contributed by atoms with Crippen molar-refractivity contribution < 1.29 is 9.90 Å². The molecule has 0 radical (unpaired) electrons. The highest BCUT2D eigenvalue weighted by atomic mass is 32.1. The molecule has 1 amide bonds. The van der Waals surface area contributed by atoms with Gasteiger partial charge >= 0.3 is 0 Å². The van der Waals surface area contributed by atoms with E-state index in [2.05, 4.69) is 21.4 Å². The van der Waals surface area contributed by atoms with Crippen LogP contribution in [0.3, 0.4) is 0 Å². The molecule has 1 saturated carbocycles. The third kappa shape index (κ3) is 2.92. The number of anilines is 2.